The molecule has 0 unspecified atom stereocenters. The van der Waals surface area contributed by atoms with E-state index in [0.29, 0.717) is 0 Å². The average molecular weight is 346 g/mol. The number of nitrogens with two attached hydrogens (primary N) is 1. The van der Waals surface area contributed by atoms with Gasteiger partial charge in [0.15, 0.2) is 17.6 Å². The molecular formula is C18H18ClN2O3+. The Hall–Kier alpha value is -2.24. The van der Waals surface area contributed by atoms with Crippen LogP contribution in [0.5, 0.6) is 11.5 Å². The number of nitrogens with zero attached hydrogens (tertiary/aromatic N) is 1. The molecule has 0 saturated heterocycles. The molecule has 24 heavy (non-hydrogen) atoms. The Morgan fingerprint density at radius 1 is 1.12 bits per heavy atom. The van der Waals surface area contributed by atoms with Crippen molar-refractivity contribution in [3.8, 4) is 11.5 Å². The van der Waals surface area contributed by atoms with Crippen molar-refractivity contribution in [3.63, 3.8) is 0 Å². The van der Waals surface area contributed by atoms with Gasteiger partial charge in [-0.2, -0.15) is 0 Å². The van der Waals surface area contributed by atoms with Crippen LogP contribution in [0.3, 0.4) is 0 Å². The molecule has 1 atom stereocenters. The topological polar surface area (TPSA) is 56.7 Å². The van der Waals surface area contributed by atoms with Crippen molar-refractivity contribution in [3.05, 3.63) is 58.6 Å². The van der Waals surface area contributed by atoms with Crippen LogP contribution in [0.25, 0.3) is 0 Å². The van der Waals surface area contributed by atoms with E-state index in [4.69, 9.17) is 25.9 Å². The third-order valence-corrected chi connectivity index (χ3v) is 4.37. The molecule has 2 heterocycles. The maximum Gasteiger partial charge on any atom is 0.231 e. The summed E-state index contributed by atoms with van der Waals surface area (Å²) in [5, 5.41) is 7.22. The first-order chi connectivity index (χ1) is 11.8. The summed E-state index contributed by atoms with van der Waals surface area (Å²) in [4.78, 5) is 5.56. The largest absolute Gasteiger partial charge is 0.454 e. The first-order valence-electron chi connectivity index (χ1n) is 7.97. The third-order valence-electron chi connectivity index (χ3n) is 4.14. The smallest absolute Gasteiger partial charge is 0.231 e. The lowest BCUT2D eigenvalue weighted by Gasteiger charge is -2.07. The zero-order chi connectivity index (χ0) is 16.4. The van der Waals surface area contributed by atoms with E-state index in [1.807, 2.05) is 36.4 Å². The molecule has 124 valence electrons. The van der Waals surface area contributed by atoms with Gasteiger partial charge in [-0.25, -0.2) is 0 Å². The van der Waals surface area contributed by atoms with Crippen molar-refractivity contribution in [2.75, 3.05) is 13.3 Å². The molecule has 5 nitrogen and oxygen atoms in total. The predicted octanol–water partition coefficient (Wildman–Crippen LogP) is 2.33. The minimum atomic E-state index is 0.0876. The second kappa shape index (κ2) is 6.71. The highest BCUT2D eigenvalue weighted by Crippen LogP contribution is 2.33. The van der Waals surface area contributed by atoms with Crippen molar-refractivity contribution in [2.24, 2.45) is 5.16 Å². The minimum absolute atomic E-state index is 0.0876. The summed E-state index contributed by atoms with van der Waals surface area (Å²) < 4.78 is 10.7. The van der Waals surface area contributed by atoms with Gasteiger partial charge in [-0.1, -0.05) is 28.9 Å². The van der Waals surface area contributed by atoms with Gasteiger partial charge in [0.2, 0.25) is 6.79 Å². The van der Waals surface area contributed by atoms with E-state index in [1.54, 1.807) is 0 Å². The zero-order valence-corrected chi connectivity index (χ0v) is 13.8. The summed E-state index contributed by atoms with van der Waals surface area (Å²) in [6, 6.07) is 13.8. The number of benzene rings is 2. The fourth-order valence-electron chi connectivity index (χ4n) is 2.90. The number of quaternary nitrogens is 1. The summed E-state index contributed by atoms with van der Waals surface area (Å²) in [6.45, 7) is 2.01. The molecule has 2 aromatic rings. The van der Waals surface area contributed by atoms with Gasteiger partial charge in [-0.05, 0) is 30.3 Å². The van der Waals surface area contributed by atoms with Crippen LogP contribution in [0.1, 0.15) is 17.5 Å². The van der Waals surface area contributed by atoms with Crippen molar-refractivity contribution in [2.45, 2.75) is 19.1 Å². The highest BCUT2D eigenvalue weighted by molar-refractivity contribution is 6.30. The molecule has 0 saturated carbocycles. The maximum atomic E-state index is 6.00. The van der Waals surface area contributed by atoms with Crippen LogP contribution in [0.2, 0.25) is 5.02 Å². The molecule has 4 rings (SSSR count). The summed E-state index contributed by atoms with van der Waals surface area (Å²) in [7, 11) is 0. The summed E-state index contributed by atoms with van der Waals surface area (Å²) >= 11 is 6.00. The van der Waals surface area contributed by atoms with Crippen molar-refractivity contribution in [1.29, 1.82) is 0 Å². The summed E-state index contributed by atoms with van der Waals surface area (Å²) in [5.41, 5.74) is 3.18. The fourth-order valence-corrected chi connectivity index (χ4v) is 3.11. The second-order valence-corrected chi connectivity index (χ2v) is 6.33. The molecule has 0 fully saturated rings. The molecule has 0 radical (unpaired) electrons. The number of halogens is 1. The van der Waals surface area contributed by atoms with Crippen molar-refractivity contribution < 1.29 is 19.6 Å². The van der Waals surface area contributed by atoms with Gasteiger partial charge >= 0.3 is 0 Å². The summed E-state index contributed by atoms with van der Waals surface area (Å²) in [6.07, 6.45) is 0.885. The van der Waals surface area contributed by atoms with Crippen LogP contribution < -0.4 is 14.8 Å². The van der Waals surface area contributed by atoms with Crippen molar-refractivity contribution in [1.82, 2.24) is 0 Å². The molecular weight excluding hydrogens is 328 g/mol. The normalized spacial score (nSPS) is 18.4. The number of fused-ring (bicyclic) bond motifs is 1. The van der Waals surface area contributed by atoms with Gasteiger partial charge in [-0.15, -0.1) is 0 Å². The quantitative estimate of drug-likeness (QED) is 0.904. The number of ether oxygens (including phenoxy) is 2. The van der Waals surface area contributed by atoms with Gasteiger partial charge in [0, 0.05) is 22.6 Å². The molecule has 2 aliphatic rings. The maximum absolute atomic E-state index is 6.00. The molecule has 0 aliphatic carbocycles. The zero-order valence-electron chi connectivity index (χ0n) is 13.1. The van der Waals surface area contributed by atoms with Crippen LogP contribution >= 0.6 is 11.6 Å². The fraction of sp³-hybridized carbons (Fsp3) is 0.278. The number of oxime groups is 1. The van der Waals surface area contributed by atoms with E-state index < -0.39 is 0 Å². The molecule has 0 aromatic heterocycles. The second-order valence-electron chi connectivity index (χ2n) is 5.90. The Morgan fingerprint density at radius 2 is 2.04 bits per heavy atom. The van der Waals surface area contributed by atoms with Crippen LogP contribution in [0.4, 0.5) is 0 Å². The molecule has 2 N–H and O–H groups in total. The molecule has 0 amide bonds. The lowest BCUT2D eigenvalue weighted by molar-refractivity contribution is -0.676. The molecule has 6 heteroatoms. The number of hydrogen-bond donors (Lipinski definition) is 1. The first-order valence-corrected chi connectivity index (χ1v) is 8.34. The van der Waals surface area contributed by atoms with E-state index in [-0.39, 0.29) is 12.9 Å². The molecule has 0 bridgehead atoms. The van der Waals surface area contributed by atoms with Gasteiger partial charge in [0.1, 0.15) is 13.1 Å². The standard InChI is InChI=1S/C18H17ClN2O3/c19-14-3-1-2-12(6-14)9-20-10-15-8-16(21-24-15)13-4-5-17-18(7-13)23-11-22-17/h1-7,15,20H,8-11H2/p+1/t15-/m1/s1. The lowest BCUT2D eigenvalue weighted by Crippen LogP contribution is -2.84. The Morgan fingerprint density at radius 3 is 2.96 bits per heavy atom. The van der Waals surface area contributed by atoms with Crippen LogP contribution in [0, 0.1) is 0 Å². The van der Waals surface area contributed by atoms with Gasteiger partial charge in [0.05, 0.1) is 5.71 Å². The molecule has 2 aliphatic heterocycles. The summed E-state index contributed by atoms with van der Waals surface area (Å²) in [5.74, 6) is 1.55. The first kappa shape index (κ1) is 15.3. The van der Waals surface area contributed by atoms with Crippen molar-refractivity contribution >= 4 is 17.3 Å². The monoisotopic (exact) mass is 345 g/mol. The van der Waals surface area contributed by atoms with E-state index in [2.05, 4.69) is 16.5 Å². The minimum Gasteiger partial charge on any atom is -0.454 e. The Bertz CT molecular complexity index is 779. The highest BCUT2D eigenvalue weighted by atomic mass is 35.5. The van der Waals surface area contributed by atoms with Crippen LogP contribution in [-0.4, -0.2) is 25.2 Å². The Labute approximate surface area is 145 Å². The number of hydrogen-bond acceptors (Lipinski definition) is 4. The van der Waals surface area contributed by atoms with E-state index in [0.717, 1.165) is 47.3 Å². The lowest BCUT2D eigenvalue weighted by atomic mass is 10.0. The van der Waals surface area contributed by atoms with Gasteiger partial charge in [0.25, 0.3) is 0 Å². The molecule has 2 aromatic carbocycles. The highest BCUT2D eigenvalue weighted by Gasteiger charge is 2.25. The molecule has 0 spiro atoms. The number of rotatable bonds is 5. The average Bonchev–Trinajstić information content (AvgIpc) is 3.23. The Balaban J connectivity index is 1.30. The van der Waals surface area contributed by atoms with E-state index in [9.17, 15) is 0 Å². The van der Waals surface area contributed by atoms with E-state index >= 15 is 0 Å². The van der Waals surface area contributed by atoms with Crippen LogP contribution in [-0.2, 0) is 11.4 Å². The van der Waals surface area contributed by atoms with Gasteiger partial charge < -0.3 is 19.6 Å². The third kappa shape index (κ3) is 3.32. The SMILES string of the molecule is Clc1cccc(C[NH2+]C[C@H]2CC(c3ccc4c(c3)OCO4)=NO2)c1. The van der Waals surface area contributed by atoms with Gasteiger partial charge in [-0.3, -0.25) is 0 Å². The Kier molecular flexibility index (Phi) is 4.28. The predicted molar refractivity (Wildman–Crippen MR) is 90.5 cm³/mol. The van der Waals surface area contributed by atoms with Crippen LogP contribution in [0.15, 0.2) is 47.6 Å². The van der Waals surface area contributed by atoms with E-state index in [1.165, 1.54) is 5.56 Å².